The highest BCUT2D eigenvalue weighted by Gasteiger charge is 2.54. The van der Waals surface area contributed by atoms with Crippen LogP contribution in [0.4, 0.5) is 46.5 Å². The van der Waals surface area contributed by atoms with Gasteiger partial charge in [-0.2, -0.15) is 0 Å². The van der Waals surface area contributed by atoms with Crippen LogP contribution in [0.2, 0.25) is 0 Å². The minimum atomic E-state index is -0.535. The van der Waals surface area contributed by atoms with E-state index in [0.717, 1.165) is 22.7 Å². The molecule has 0 N–H and O–H groups in total. The van der Waals surface area contributed by atoms with Crippen LogP contribution < -0.4 is 19.6 Å². The van der Waals surface area contributed by atoms with Gasteiger partial charge in [0, 0.05) is 49.6 Å². The van der Waals surface area contributed by atoms with Crippen LogP contribution in [0.3, 0.4) is 0 Å². The zero-order chi connectivity index (χ0) is 27.9. The van der Waals surface area contributed by atoms with Gasteiger partial charge in [-0.15, -0.1) is 0 Å². The molecule has 6 aromatic rings. The number of benzene rings is 2. The first kappa shape index (κ1) is 23.8. The predicted octanol–water partition coefficient (Wildman–Crippen LogP) is 4.78. The summed E-state index contributed by atoms with van der Waals surface area (Å²) in [6, 6.07) is 23.4. The highest BCUT2D eigenvalue weighted by molar-refractivity contribution is 5.91. The van der Waals surface area contributed by atoms with Crippen LogP contribution in [0, 0.1) is 0 Å². The van der Waals surface area contributed by atoms with E-state index in [0.29, 0.717) is 23.8 Å². The molecule has 0 bridgehead atoms. The van der Waals surface area contributed by atoms with Gasteiger partial charge < -0.3 is 0 Å². The molecule has 8 rings (SSSR count). The summed E-state index contributed by atoms with van der Waals surface area (Å²) in [5, 5.41) is 0. The average Bonchev–Trinajstić information content (AvgIpc) is 3.59. The number of anilines is 8. The van der Waals surface area contributed by atoms with Crippen molar-refractivity contribution in [3.8, 4) is 0 Å². The lowest BCUT2D eigenvalue weighted by Gasteiger charge is -2.41. The molecule has 0 fully saturated rings. The number of rotatable bonds is 5. The van der Waals surface area contributed by atoms with Crippen molar-refractivity contribution in [2.45, 2.75) is 12.3 Å². The number of hydrogen-bond acceptors (Lipinski definition) is 12. The fourth-order valence-electron chi connectivity index (χ4n) is 5.64. The van der Waals surface area contributed by atoms with Gasteiger partial charge >= 0.3 is 0 Å². The molecule has 0 radical (unpaired) electrons. The first-order valence-electron chi connectivity index (χ1n) is 13.3. The Labute approximate surface area is 240 Å². The number of para-hydroxylation sites is 4. The summed E-state index contributed by atoms with van der Waals surface area (Å²) in [7, 11) is 0. The fourth-order valence-corrected chi connectivity index (χ4v) is 5.64. The topological polar surface area (TPSA) is 116 Å². The maximum atomic E-state index is 4.70. The van der Waals surface area contributed by atoms with E-state index in [1.807, 2.05) is 24.3 Å². The zero-order valence-corrected chi connectivity index (χ0v) is 22.1. The van der Waals surface area contributed by atoms with Gasteiger partial charge in [-0.25, -0.2) is 39.9 Å². The molecular formula is C30H22N12. The maximum Gasteiger partial charge on any atom is 0.231 e. The zero-order valence-electron chi connectivity index (χ0n) is 22.1. The normalized spacial score (nSPS) is 14.8. The summed E-state index contributed by atoms with van der Waals surface area (Å²) >= 11 is 0. The Morgan fingerprint density at radius 3 is 0.738 bits per heavy atom. The third-order valence-electron chi connectivity index (χ3n) is 7.20. The van der Waals surface area contributed by atoms with E-state index in [1.165, 1.54) is 0 Å². The second-order valence-electron chi connectivity index (χ2n) is 9.48. The van der Waals surface area contributed by atoms with Crippen molar-refractivity contribution in [3.05, 3.63) is 122 Å². The predicted molar refractivity (Wildman–Crippen MR) is 157 cm³/mol. The van der Waals surface area contributed by atoms with Gasteiger partial charge in [0.2, 0.25) is 23.8 Å². The van der Waals surface area contributed by atoms with Crippen molar-refractivity contribution in [1.82, 2.24) is 39.9 Å². The third kappa shape index (κ3) is 3.69. The molecule has 0 amide bonds. The van der Waals surface area contributed by atoms with Crippen molar-refractivity contribution in [1.29, 1.82) is 0 Å². The molecule has 4 aromatic heterocycles. The summed E-state index contributed by atoms with van der Waals surface area (Å²) in [5.41, 5.74) is 3.61. The monoisotopic (exact) mass is 550 g/mol. The second kappa shape index (κ2) is 9.86. The SMILES string of the molecule is c1cnc(N2c3ccccc3N(c3ncccn3)C2C2N(c3ncccn3)c3ccccc3N2c2ncccn2)nc1. The number of hydrogen-bond donors (Lipinski definition) is 0. The first-order valence-corrected chi connectivity index (χ1v) is 13.3. The quantitative estimate of drug-likeness (QED) is 0.294. The lowest BCUT2D eigenvalue weighted by Crippen LogP contribution is -2.59. The largest absolute Gasteiger partial charge is 0.283 e. The summed E-state index contributed by atoms with van der Waals surface area (Å²) in [4.78, 5) is 46.0. The summed E-state index contributed by atoms with van der Waals surface area (Å²) in [5.74, 6) is 2.08. The van der Waals surface area contributed by atoms with Crippen molar-refractivity contribution in [2.75, 3.05) is 19.6 Å². The number of aromatic nitrogens is 8. The Balaban J connectivity index is 1.44. The lowest BCUT2D eigenvalue weighted by atomic mass is 10.2. The van der Waals surface area contributed by atoms with E-state index in [1.54, 1.807) is 73.8 Å². The summed E-state index contributed by atoms with van der Waals surface area (Å²) in [6.07, 6.45) is 12.8. The summed E-state index contributed by atoms with van der Waals surface area (Å²) < 4.78 is 0. The molecule has 2 aliphatic rings. The Morgan fingerprint density at radius 2 is 0.524 bits per heavy atom. The Hall–Kier alpha value is -6.04. The van der Waals surface area contributed by atoms with Gasteiger partial charge in [0.1, 0.15) is 0 Å². The molecule has 0 spiro atoms. The molecule has 0 saturated heterocycles. The van der Waals surface area contributed by atoms with Crippen LogP contribution in [-0.4, -0.2) is 52.2 Å². The molecule has 0 atom stereocenters. The molecule has 12 nitrogen and oxygen atoms in total. The molecular weight excluding hydrogens is 528 g/mol. The van der Waals surface area contributed by atoms with Crippen LogP contribution >= 0.6 is 0 Å². The molecule has 0 unspecified atom stereocenters. The molecule has 202 valence electrons. The molecule has 42 heavy (non-hydrogen) atoms. The van der Waals surface area contributed by atoms with Crippen LogP contribution in [0.5, 0.6) is 0 Å². The summed E-state index contributed by atoms with van der Waals surface area (Å²) in [6.45, 7) is 0. The Bertz CT molecular complexity index is 1560. The van der Waals surface area contributed by atoms with Gasteiger partial charge in [-0.3, -0.25) is 19.6 Å². The van der Waals surface area contributed by atoms with Crippen LogP contribution in [0.15, 0.2) is 122 Å². The lowest BCUT2D eigenvalue weighted by molar-refractivity contribution is 0.528. The highest BCUT2D eigenvalue weighted by Crippen LogP contribution is 2.53. The standard InChI is InChI=1S/C30H22N12/c1-2-10-22-21(9-1)39(27-31-13-5-14-32-27)25(40(22)28-33-15-6-16-34-28)26-41(29-35-17-7-18-36-29)23-11-3-4-12-24(23)42(26)30-37-19-8-20-38-30/h1-20,25-26H. The second-order valence-corrected chi connectivity index (χ2v) is 9.48. The van der Waals surface area contributed by atoms with Crippen LogP contribution in [-0.2, 0) is 0 Å². The minimum Gasteiger partial charge on any atom is -0.283 e. The van der Waals surface area contributed by atoms with Gasteiger partial charge in [0.05, 0.1) is 22.7 Å². The highest BCUT2D eigenvalue weighted by atomic mass is 15.6. The van der Waals surface area contributed by atoms with E-state index < -0.39 is 12.3 Å². The first-order chi connectivity index (χ1) is 20.9. The molecule has 2 aliphatic heterocycles. The van der Waals surface area contributed by atoms with Crippen molar-refractivity contribution >= 4 is 46.5 Å². The van der Waals surface area contributed by atoms with E-state index in [2.05, 4.69) is 43.9 Å². The van der Waals surface area contributed by atoms with E-state index in [9.17, 15) is 0 Å². The minimum absolute atomic E-state index is 0.521. The van der Waals surface area contributed by atoms with Crippen molar-refractivity contribution in [3.63, 3.8) is 0 Å². The van der Waals surface area contributed by atoms with Gasteiger partial charge in [0.25, 0.3) is 0 Å². The smallest absolute Gasteiger partial charge is 0.231 e. The molecule has 0 saturated carbocycles. The van der Waals surface area contributed by atoms with Crippen LogP contribution in [0.25, 0.3) is 0 Å². The average molecular weight is 551 g/mol. The van der Waals surface area contributed by atoms with E-state index >= 15 is 0 Å². The van der Waals surface area contributed by atoms with Crippen molar-refractivity contribution in [2.24, 2.45) is 0 Å². The molecule has 2 aromatic carbocycles. The van der Waals surface area contributed by atoms with Gasteiger partial charge in [-0.05, 0) is 48.5 Å². The van der Waals surface area contributed by atoms with Crippen molar-refractivity contribution < 1.29 is 0 Å². The molecule has 12 heteroatoms. The third-order valence-corrected chi connectivity index (χ3v) is 7.20. The number of fused-ring (bicyclic) bond motifs is 2. The fraction of sp³-hybridized carbons (Fsp3) is 0.0667. The molecule has 0 aliphatic carbocycles. The van der Waals surface area contributed by atoms with E-state index in [-0.39, 0.29) is 0 Å². The Morgan fingerprint density at radius 1 is 0.310 bits per heavy atom. The molecule has 6 heterocycles. The van der Waals surface area contributed by atoms with Gasteiger partial charge in [-0.1, -0.05) is 24.3 Å². The van der Waals surface area contributed by atoms with Gasteiger partial charge in [0.15, 0.2) is 12.3 Å². The number of nitrogens with zero attached hydrogens (tertiary/aromatic N) is 12. The van der Waals surface area contributed by atoms with Crippen LogP contribution in [0.1, 0.15) is 0 Å². The maximum absolute atomic E-state index is 4.70. The van der Waals surface area contributed by atoms with E-state index in [4.69, 9.17) is 39.9 Å². The Kier molecular flexibility index (Phi) is 5.59.